The van der Waals surface area contributed by atoms with Crippen LogP contribution in [0.4, 0.5) is 0 Å². The van der Waals surface area contributed by atoms with Gasteiger partial charge in [-0.15, -0.1) is 0 Å². The molecule has 0 radical (unpaired) electrons. The topological polar surface area (TPSA) is 269 Å². The number of ether oxygens (including phenoxy) is 4. The summed E-state index contributed by atoms with van der Waals surface area (Å²) in [5.41, 5.74) is 5.34. The van der Waals surface area contributed by atoms with Gasteiger partial charge in [-0.3, -0.25) is 4.79 Å². The minimum Gasteiger partial charge on any atom is -0.394 e. The molecule has 0 bridgehead atoms. The van der Waals surface area contributed by atoms with Crippen molar-refractivity contribution in [1.29, 1.82) is 5.41 Å². The van der Waals surface area contributed by atoms with Crippen LogP contribution in [0, 0.1) is 23.2 Å². The van der Waals surface area contributed by atoms with E-state index in [0.717, 1.165) is 6.21 Å². The van der Waals surface area contributed by atoms with Crippen molar-refractivity contribution in [2.45, 2.75) is 43.7 Å². The third-order valence-corrected chi connectivity index (χ3v) is 6.74. The Labute approximate surface area is 253 Å². The van der Waals surface area contributed by atoms with Gasteiger partial charge in [-0.2, -0.15) is 0 Å². The molecule has 0 aliphatic carbocycles. The van der Waals surface area contributed by atoms with Crippen LogP contribution in [-0.4, -0.2) is 181 Å². The number of amides is 1. The molecule has 0 fully saturated rings. The van der Waals surface area contributed by atoms with E-state index in [9.17, 15) is 45.6 Å². The predicted octanol–water partition coefficient (Wildman–Crippen LogP) is -4.08. The lowest BCUT2D eigenvalue weighted by Crippen LogP contribution is -2.42. The highest BCUT2D eigenvalue weighted by Gasteiger charge is 2.24. The number of carbonyl (C=O) groups excluding carboxylic acids is 1. The second-order valence-electron chi connectivity index (χ2n) is 10.4. The number of nitrogens with two attached hydrogens (primary N) is 1. The molecule has 0 saturated carbocycles. The van der Waals surface area contributed by atoms with Crippen LogP contribution >= 0.6 is 0 Å². The van der Waals surface area contributed by atoms with Crippen LogP contribution in [0.5, 0.6) is 0 Å². The van der Waals surface area contributed by atoms with E-state index in [1.54, 1.807) is 0 Å². The van der Waals surface area contributed by atoms with Crippen LogP contribution < -0.4 is 5.73 Å². The van der Waals surface area contributed by atoms with Crippen molar-refractivity contribution < 1.29 is 64.6 Å². The van der Waals surface area contributed by atoms with Gasteiger partial charge in [-0.1, -0.05) is 6.42 Å². The molecule has 0 saturated heterocycles. The Morgan fingerprint density at radius 2 is 0.953 bits per heavy atom. The fourth-order valence-electron chi connectivity index (χ4n) is 4.04. The van der Waals surface area contributed by atoms with Gasteiger partial charge in [0.25, 0.3) is 0 Å². The minimum absolute atomic E-state index is 0.0648. The summed E-state index contributed by atoms with van der Waals surface area (Å²) in [5, 5.41) is 82.9. The standard InChI is InChI=1S/C27H55N3O13/c28-5-22(27(29)39)3-1-2-4-30(6-20(16-40-23(8-31)9-32)17-41-24(10-33)11-34)7-21(18-42-25(12-35)13-36)19-43-26(14-37)15-38/h5,20-26,28,31-38H,1-4,6-19H2,(H2,29,39). The molecule has 1 amide bonds. The van der Waals surface area contributed by atoms with Gasteiger partial charge in [0, 0.05) is 31.1 Å². The maximum Gasteiger partial charge on any atom is 0.225 e. The highest BCUT2D eigenvalue weighted by atomic mass is 16.5. The van der Waals surface area contributed by atoms with E-state index in [4.69, 9.17) is 30.1 Å². The highest BCUT2D eigenvalue weighted by molar-refractivity contribution is 5.91. The normalized spacial score (nSPS) is 13.1. The minimum atomic E-state index is -0.813. The summed E-state index contributed by atoms with van der Waals surface area (Å²) in [5.74, 6) is -1.96. The summed E-state index contributed by atoms with van der Waals surface area (Å²) in [4.78, 5) is 13.6. The molecule has 0 aliphatic heterocycles. The van der Waals surface area contributed by atoms with E-state index in [-0.39, 0.29) is 38.3 Å². The van der Waals surface area contributed by atoms with Gasteiger partial charge in [-0.25, -0.2) is 0 Å². The average Bonchev–Trinajstić information content (AvgIpc) is 3.01. The Morgan fingerprint density at radius 1 is 0.628 bits per heavy atom. The summed E-state index contributed by atoms with van der Waals surface area (Å²) >= 11 is 0. The van der Waals surface area contributed by atoms with E-state index in [1.165, 1.54) is 0 Å². The number of nitrogens with zero attached hydrogens (tertiary/aromatic N) is 1. The average molecular weight is 630 g/mol. The van der Waals surface area contributed by atoms with Gasteiger partial charge in [0.15, 0.2) is 0 Å². The molecule has 0 rings (SSSR count). The van der Waals surface area contributed by atoms with Crippen LogP contribution in [0.15, 0.2) is 0 Å². The van der Waals surface area contributed by atoms with Crippen molar-refractivity contribution >= 4 is 12.1 Å². The molecule has 16 nitrogen and oxygen atoms in total. The van der Waals surface area contributed by atoms with Gasteiger partial charge in [0.1, 0.15) is 24.4 Å². The van der Waals surface area contributed by atoms with Crippen LogP contribution in [0.2, 0.25) is 0 Å². The summed E-state index contributed by atoms with van der Waals surface area (Å²) in [6.07, 6.45) is -0.652. The monoisotopic (exact) mass is 629 g/mol. The maximum atomic E-state index is 11.5. The zero-order valence-electron chi connectivity index (χ0n) is 25.0. The first-order valence-corrected chi connectivity index (χ1v) is 14.6. The van der Waals surface area contributed by atoms with Crippen LogP contribution in [-0.2, 0) is 23.7 Å². The van der Waals surface area contributed by atoms with Crippen LogP contribution in [0.1, 0.15) is 19.3 Å². The van der Waals surface area contributed by atoms with Crippen LogP contribution in [0.3, 0.4) is 0 Å². The SMILES string of the molecule is N=CC(CCCCN(CC(COC(CO)CO)COC(CO)CO)CC(COC(CO)CO)COC(CO)CO)C(N)=O. The first-order chi connectivity index (χ1) is 20.7. The molecule has 43 heavy (non-hydrogen) atoms. The fraction of sp³-hybridized carbons (Fsp3) is 0.926. The number of aliphatic hydroxyl groups excluding tert-OH is 8. The molecule has 0 aromatic carbocycles. The van der Waals surface area contributed by atoms with Gasteiger partial charge < -0.3 is 75.8 Å². The van der Waals surface area contributed by atoms with Crippen LogP contribution in [0.25, 0.3) is 0 Å². The van der Waals surface area contributed by atoms with E-state index >= 15 is 0 Å². The highest BCUT2D eigenvalue weighted by Crippen LogP contribution is 2.14. The number of carbonyl (C=O) groups is 1. The first kappa shape index (κ1) is 41.6. The molecule has 16 heteroatoms. The second kappa shape index (κ2) is 27.0. The van der Waals surface area contributed by atoms with Gasteiger partial charge in [0.2, 0.25) is 5.91 Å². The molecule has 0 spiro atoms. The molecule has 0 aromatic rings. The Hall–Kier alpha value is -1.38. The van der Waals surface area contributed by atoms with E-state index in [0.29, 0.717) is 38.9 Å². The molecule has 0 aromatic heterocycles. The molecular weight excluding hydrogens is 574 g/mol. The molecule has 1 unspecified atom stereocenters. The van der Waals surface area contributed by atoms with E-state index in [1.807, 2.05) is 4.90 Å². The maximum absolute atomic E-state index is 11.5. The third-order valence-electron chi connectivity index (χ3n) is 6.74. The lowest BCUT2D eigenvalue weighted by molar-refractivity contribution is -0.119. The first-order valence-electron chi connectivity index (χ1n) is 14.6. The Morgan fingerprint density at radius 3 is 1.21 bits per heavy atom. The lowest BCUT2D eigenvalue weighted by atomic mass is 10.0. The molecule has 0 heterocycles. The largest absolute Gasteiger partial charge is 0.394 e. The molecule has 1 atom stereocenters. The van der Waals surface area contributed by atoms with Crippen molar-refractivity contribution in [3.8, 4) is 0 Å². The predicted molar refractivity (Wildman–Crippen MR) is 154 cm³/mol. The Bertz CT molecular complexity index is 596. The zero-order valence-corrected chi connectivity index (χ0v) is 25.0. The van der Waals surface area contributed by atoms with Crippen molar-refractivity contribution in [1.82, 2.24) is 4.90 Å². The number of unbranched alkanes of at least 4 members (excludes halogenated alkanes) is 1. The van der Waals surface area contributed by atoms with Crippen molar-refractivity contribution in [3.05, 3.63) is 0 Å². The zero-order chi connectivity index (χ0) is 32.5. The number of hydrogen-bond acceptors (Lipinski definition) is 15. The van der Waals surface area contributed by atoms with E-state index < -0.39 is 89.1 Å². The number of hydrogen-bond donors (Lipinski definition) is 10. The molecule has 11 N–H and O–H groups in total. The van der Waals surface area contributed by atoms with Gasteiger partial charge in [0.05, 0.1) is 85.2 Å². The van der Waals surface area contributed by atoms with Gasteiger partial charge >= 0.3 is 0 Å². The van der Waals surface area contributed by atoms with Crippen molar-refractivity contribution in [2.24, 2.45) is 23.5 Å². The number of nitrogens with one attached hydrogen (secondary N) is 1. The Kier molecular flexibility index (Phi) is 26.1. The summed E-state index contributed by atoms with van der Waals surface area (Å²) in [6.45, 7) is -1.75. The second-order valence-corrected chi connectivity index (χ2v) is 10.4. The van der Waals surface area contributed by atoms with E-state index in [2.05, 4.69) is 0 Å². The number of aliphatic hydroxyl groups is 8. The summed E-state index contributed by atoms with van der Waals surface area (Å²) in [6, 6.07) is 0. The smallest absolute Gasteiger partial charge is 0.225 e. The molecule has 256 valence electrons. The van der Waals surface area contributed by atoms with Crippen molar-refractivity contribution in [3.63, 3.8) is 0 Å². The van der Waals surface area contributed by atoms with Gasteiger partial charge in [-0.05, 0) is 19.4 Å². The molecule has 0 aliphatic rings. The molecular formula is C27H55N3O13. The number of rotatable bonds is 31. The third kappa shape index (κ3) is 19.6. The quantitative estimate of drug-likeness (QED) is 0.0258. The lowest BCUT2D eigenvalue weighted by Gasteiger charge is -2.32. The fourth-order valence-corrected chi connectivity index (χ4v) is 4.04. The Balaban J connectivity index is 5.86. The number of primary amides is 1. The van der Waals surface area contributed by atoms with Crippen molar-refractivity contribution in [2.75, 3.05) is 98.9 Å². The summed E-state index contributed by atoms with van der Waals surface area (Å²) in [7, 11) is 0. The summed E-state index contributed by atoms with van der Waals surface area (Å²) < 4.78 is 22.6.